The molecule has 0 aromatic rings. The first-order valence-corrected chi connectivity index (χ1v) is 15.2. The summed E-state index contributed by atoms with van der Waals surface area (Å²) < 4.78 is 9.77. The van der Waals surface area contributed by atoms with E-state index in [0.29, 0.717) is 0 Å². The van der Waals surface area contributed by atoms with Gasteiger partial charge in [-0.15, -0.1) is 0 Å². The molecule has 5 nitrogen and oxygen atoms in total. The SMILES string of the molecule is CCC[CH2][Sn]1([CH2]CCC)[O]C(=O)[C@H]([C@@H](C)CC)[N]1C(=O)CN. The van der Waals surface area contributed by atoms with Crippen LogP contribution >= 0.6 is 0 Å². The Morgan fingerprint density at radius 3 is 2.23 bits per heavy atom. The van der Waals surface area contributed by atoms with Gasteiger partial charge in [0.25, 0.3) is 0 Å². The fourth-order valence-electron chi connectivity index (χ4n) is 3.22. The van der Waals surface area contributed by atoms with Crippen LogP contribution < -0.4 is 5.73 Å². The maximum atomic E-state index is 12.6. The average Bonchev–Trinajstić information content (AvgIpc) is 2.82. The van der Waals surface area contributed by atoms with Crippen molar-refractivity contribution in [3.63, 3.8) is 0 Å². The van der Waals surface area contributed by atoms with Crippen LogP contribution in [0.1, 0.15) is 59.8 Å². The summed E-state index contributed by atoms with van der Waals surface area (Å²) in [6, 6.07) is -0.398. The van der Waals surface area contributed by atoms with E-state index >= 15 is 0 Å². The molecule has 2 N–H and O–H groups in total. The molecule has 1 heterocycles. The van der Waals surface area contributed by atoms with Crippen LogP contribution in [0, 0.1) is 5.92 Å². The first-order valence-electron chi connectivity index (χ1n) is 8.72. The Balaban J connectivity index is 3.19. The number of carbonyl (C=O) groups excluding carboxylic acids is 2. The Morgan fingerprint density at radius 1 is 1.27 bits per heavy atom. The molecule has 1 saturated heterocycles. The molecule has 0 saturated carbocycles. The summed E-state index contributed by atoms with van der Waals surface area (Å²) in [5.41, 5.74) is 5.66. The molecule has 22 heavy (non-hydrogen) atoms. The third-order valence-electron chi connectivity index (χ3n) is 4.72. The molecule has 0 aromatic heterocycles. The molecule has 1 aliphatic heterocycles. The zero-order valence-corrected chi connectivity index (χ0v) is 17.4. The van der Waals surface area contributed by atoms with Crippen molar-refractivity contribution in [2.45, 2.75) is 74.7 Å². The van der Waals surface area contributed by atoms with Crippen molar-refractivity contribution >= 4 is 30.9 Å². The van der Waals surface area contributed by atoms with Gasteiger partial charge in [-0.3, -0.25) is 0 Å². The molecule has 1 amide bonds. The van der Waals surface area contributed by atoms with Crippen LogP contribution in [-0.4, -0.2) is 46.6 Å². The van der Waals surface area contributed by atoms with Crippen LogP contribution in [0.25, 0.3) is 0 Å². The van der Waals surface area contributed by atoms with E-state index in [2.05, 4.69) is 20.8 Å². The quantitative estimate of drug-likeness (QED) is 0.584. The first-order chi connectivity index (χ1) is 10.5. The number of nitrogens with zero attached hydrogens (tertiary/aromatic N) is 1. The minimum absolute atomic E-state index is 0.0273. The van der Waals surface area contributed by atoms with Gasteiger partial charge in [-0.1, -0.05) is 0 Å². The van der Waals surface area contributed by atoms with E-state index in [-0.39, 0.29) is 24.3 Å². The van der Waals surface area contributed by atoms with Crippen LogP contribution in [0.2, 0.25) is 8.87 Å². The molecular formula is C16H32N2O3Sn. The molecule has 0 bridgehead atoms. The minimum atomic E-state index is -3.44. The van der Waals surface area contributed by atoms with Gasteiger partial charge in [0.1, 0.15) is 0 Å². The zero-order chi connectivity index (χ0) is 16.8. The number of nitrogens with two attached hydrogens (primary N) is 1. The van der Waals surface area contributed by atoms with E-state index in [1.54, 1.807) is 0 Å². The topological polar surface area (TPSA) is 72.6 Å². The van der Waals surface area contributed by atoms with Crippen LogP contribution in [-0.2, 0) is 12.7 Å². The van der Waals surface area contributed by atoms with Crippen molar-refractivity contribution in [3.05, 3.63) is 0 Å². The van der Waals surface area contributed by atoms with Gasteiger partial charge in [-0.2, -0.15) is 0 Å². The van der Waals surface area contributed by atoms with E-state index in [1.165, 1.54) is 0 Å². The summed E-state index contributed by atoms with van der Waals surface area (Å²) in [7, 11) is 0. The fourth-order valence-corrected chi connectivity index (χ4v) is 16.8. The van der Waals surface area contributed by atoms with Gasteiger partial charge in [0.15, 0.2) is 0 Å². The summed E-state index contributed by atoms with van der Waals surface area (Å²) in [4.78, 5) is 25.1. The van der Waals surface area contributed by atoms with E-state index in [1.807, 2.05) is 10.0 Å². The molecule has 1 rings (SSSR count). The average molecular weight is 419 g/mol. The molecular weight excluding hydrogens is 387 g/mol. The summed E-state index contributed by atoms with van der Waals surface area (Å²) >= 11 is -3.44. The third kappa shape index (κ3) is 4.16. The van der Waals surface area contributed by atoms with Crippen LogP contribution in [0.3, 0.4) is 0 Å². The van der Waals surface area contributed by atoms with Crippen molar-refractivity contribution < 1.29 is 12.7 Å². The maximum absolute atomic E-state index is 12.6. The number of hydrogen-bond acceptors (Lipinski definition) is 4. The van der Waals surface area contributed by atoms with E-state index < -0.39 is 25.1 Å². The number of amides is 1. The molecule has 2 atom stereocenters. The Morgan fingerprint density at radius 2 is 1.82 bits per heavy atom. The van der Waals surface area contributed by atoms with Gasteiger partial charge < -0.3 is 0 Å². The number of rotatable bonds is 9. The van der Waals surface area contributed by atoms with E-state index in [9.17, 15) is 9.59 Å². The molecule has 0 aliphatic carbocycles. The van der Waals surface area contributed by atoms with Crippen molar-refractivity contribution in [2.75, 3.05) is 6.54 Å². The zero-order valence-electron chi connectivity index (χ0n) is 14.6. The van der Waals surface area contributed by atoms with Crippen molar-refractivity contribution in [2.24, 2.45) is 11.7 Å². The summed E-state index contributed by atoms with van der Waals surface area (Å²) in [5, 5.41) is 0. The predicted octanol–water partition coefficient (Wildman–Crippen LogP) is 2.79. The Bertz CT molecular complexity index is 380. The van der Waals surface area contributed by atoms with E-state index in [0.717, 1.165) is 41.0 Å². The molecule has 0 aromatic carbocycles. The Labute approximate surface area is 139 Å². The van der Waals surface area contributed by atoms with Crippen molar-refractivity contribution in [3.8, 4) is 0 Å². The molecule has 1 fully saturated rings. The predicted molar refractivity (Wildman–Crippen MR) is 90.4 cm³/mol. The second-order valence-corrected chi connectivity index (χ2v) is 16.6. The van der Waals surface area contributed by atoms with Crippen LogP contribution in [0.15, 0.2) is 0 Å². The first kappa shape index (κ1) is 19.7. The summed E-state index contributed by atoms with van der Waals surface area (Å²) in [5.74, 6) is -0.122. The van der Waals surface area contributed by atoms with Crippen molar-refractivity contribution in [1.82, 2.24) is 3.12 Å². The van der Waals surface area contributed by atoms with Gasteiger partial charge in [-0.05, 0) is 0 Å². The second-order valence-electron chi connectivity index (χ2n) is 6.37. The summed E-state index contributed by atoms with van der Waals surface area (Å²) in [6.07, 6.45) is 5.02. The standard InChI is InChI=1S/C8H16N2O3.2C4H9.Sn/c1-3-5(2)7(8(12)13)10-6(11)4-9;2*1-3-4-2;/h5,7H,3-4,9H2,1-2H3,(H2,10,11,12,13);2*1,3-4H2,2H3;/q;;;+2/p-2/t5-,7-;;;/m0.../s1. The molecule has 0 spiro atoms. The normalized spacial score (nSPS) is 21.8. The molecule has 0 unspecified atom stereocenters. The molecule has 6 heteroatoms. The second kappa shape index (κ2) is 9.11. The van der Waals surface area contributed by atoms with Crippen molar-refractivity contribution in [1.29, 1.82) is 0 Å². The van der Waals surface area contributed by atoms with Gasteiger partial charge in [-0.25, -0.2) is 0 Å². The number of unbranched alkanes of at least 4 members (excludes halogenated alkanes) is 2. The number of hydrogen-bond donors (Lipinski definition) is 1. The Hall–Kier alpha value is -0.301. The van der Waals surface area contributed by atoms with Gasteiger partial charge >= 0.3 is 140 Å². The van der Waals surface area contributed by atoms with Gasteiger partial charge in [0.2, 0.25) is 0 Å². The van der Waals surface area contributed by atoms with Crippen LogP contribution in [0.4, 0.5) is 0 Å². The molecule has 0 radical (unpaired) electrons. The number of carbonyl (C=O) groups is 2. The van der Waals surface area contributed by atoms with E-state index in [4.69, 9.17) is 8.81 Å². The monoisotopic (exact) mass is 420 g/mol. The van der Waals surface area contributed by atoms with Crippen LogP contribution in [0.5, 0.6) is 0 Å². The summed E-state index contributed by atoms with van der Waals surface area (Å²) in [6.45, 7) is 8.33. The fraction of sp³-hybridized carbons (Fsp3) is 0.875. The van der Waals surface area contributed by atoms with Gasteiger partial charge in [0, 0.05) is 0 Å². The Kier molecular flexibility index (Phi) is 8.17. The molecule has 1 aliphatic rings. The molecule has 128 valence electrons. The third-order valence-corrected chi connectivity index (χ3v) is 16.9. The van der Waals surface area contributed by atoms with Gasteiger partial charge in [0.05, 0.1) is 0 Å².